The van der Waals surface area contributed by atoms with Crippen molar-refractivity contribution in [3.63, 3.8) is 0 Å². The van der Waals surface area contributed by atoms with Crippen molar-refractivity contribution >= 4 is 17.7 Å². The summed E-state index contributed by atoms with van der Waals surface area (Å²) >= 11 is 1.65. The summed E-state index contributed by atoms with van der Waals surface area (Å²) < 4.78 is 0. The van der Waals surface area contributed by atoms with E-state index in [1.54, 1.807) is 44.3 Å². The van der Waals surface area contributed by atoms with Crippen LogP contribution in [-0.4, -0.2) is 39.4 Å². The molecule has 1 aromatic rings. The molecule has 0 saturated heterocycles. The highest BCUT2D eigenvalue weighted by Crippen LogP contribution is 2.18. The second kappa shape index (κ2) is 7.33. The highest BCUT2D eigenvalue weighted by molar-refractivity contribution is 7.99. The van der Waals surface area contributed by atoms with E-state index < -0.39 is 11.5 Å². The van der Waals surface area contributed by atoms with Gasteiger partial charge in [-0.15, -0.1) is 11.8 Å². The van der Waals surface area contributed by atoms with Gasteiger partial charge in [-0.2, -0.15) is 0 Å². The standard InChI is InChI=1S/C12H19N3O2S/c1-12(13-2,11(16)17)5-3-4-8-18-10-9-14-6-7-15-10/h6-7,9,13H,3-5,8H2,1-2H3,(H,16,17). The summed E-state index contributed by atoms with van der Waals surface area (Å²) in [7, 11) is 1.68. The maximum Gasteiger partial charge on any atom is 0.323 e. The number of aliphatic carboxylic acids is 1. The Morgan fingerprint density at radius 1 is 1.50 bits per heavy atom. The molecular weight excluding hydrogens is 250 g/mol. The fourth-order valence-corrected chi connectivity index (χ4v) is 2.28. The van der Waals surface area contributed by atoms with Gasteiger partial charge in [0.25, 0.3) is 0 Å². The zero-order chi connectivity index (χ0) is 13.4. The Labute approximate surface area is 111 Å². The van der Waals surface area contributed by atoms with Crippen LogP contribution in [0, 0.1) is 0 Å². The Morgan fingerprint density at radius 3 is 2.83 bits per heavy atom. The van der Waals surface area contributed by atoms with Crippen molar-refractivity contribution in [3.8, 4) is 0 Å². The van der Waals surface area contributed by atoms with Gasteiger partial charge in [-0.25, -0.2) is 4.98 Å². The first kappa shape index (κ1) is 14.9. The van der Waals surface area contributed by atoms with Crippen LogP contribution in [0.15, 0.2) is 23.6 Å². The predicted octanol–water partition coefficient (Wildman–Crippen LogP) is 1.80. The Balaban J connectivity index is 2.21. The van der Waals surface area contributed by atoms with Crippen LogP contribution in [-0.2, 0) is 4.79 Å². The predicted molar refractivity (Wildman–Crippen MR) is 71.7 cm³/mol. The number of nitrogens with one attached hydrogen (secondary N) is 1. The number of likely N-dealkylation sites (N-methyl/N-ethyl adjacent to an activating group) is 1. The van der Waals surface area contributed by atoms with Crippen LogP contribution in [0.25, 0.3) is 0 Å². The van der Waals surface area contributed by atoms with Crippen molar-refractivity contribution in [1.82, 2.24) is 15.3 Å². The molecule has 1 aromatic heterocycles. The fraction of sp³-hybridized carbons (Fsp3) is 0.583. The number of unbranched alkanes of at least 4 members (excludes halogenated alkanes) is 1. The van der Waals surface area contributed by atoms with E-state index in [0.29, 0.717) is 6.42 Å². The monoisotopic (exact) mass is 269 g/mol. The number of aromatic nitrogens is 2. The smallest absolute Gasteiger partial charge is 0.323 e. The van der Waals surface area contributed by atoms with Crippen molar-refractivity contribution in [2.24, 2.45) is 0 Å². The maximum atomic E-state index is 11.1. The van der Waals surface area contributed by atoms with E-state index in [9.17, 15) is 4.79 Å². The quantitative estimate of drug-likeness (QED) is 0.553. The van der Waals surface area contributed by atoms with Crippen molar-refractivity contribution < 1.29 is 9.90 Å². The van der Waals surface area contributed by atoms with Gasteiger partial charge < -0.3 is 10.4 Å². The lowest BCUT2D eigenvalue weighted by atomic mass is 9.95. The van der Waals surface area contributed by atoms with Crippen LogP contribution >= 0.6 is 11.8 Å². The van der Waals surface area contributed by atoms with Crippen LogP contribution in [0.1, 0.15) is 26.2 Å². The molecule has 1 atom stereocenters. The summed E-state index contributed by atoms with van der Waals surface area (Å²) in [6.45, 7) is 1.71. The molecule has 5 nitrogen and oxygen atoms in total. The largest absolute Gasteiger partial charge is 0.480 e. The zero-order valence-corrected chi connectivity index (χ0v) is 11.5. The minimum atomic E-state index is -0.822. The second-order valence-corrected chi connectivity index (χ2v) is 5.35. The molecule has 0 saturated carbocycles. The maximum absolute atomic E-state index is 11.1. The van der Waals surface area contributed by atoms with E-state index in [0.717, 1.165) is 23.6 Å². The number of thioether (sulfide) groups is 1. The molecule has 0 aliphatic heterocycles. The molecular formula is C12H19N3O2S. The minimum Gasteiger partial charge on any atom is -0.480 e. The molecule has 6 heteroatoms. The van der Waals surface area contributed by atoms with E-state index in [2.05, 4.69) is 15.3 Å². The van der Waals surface area contributed by atoms with Crippen molar-refractivity contribution in [2.45, 2.75) is 36.8 Å². The number of nitrogens with zero attached hydrogens (tertiary/aromatic N) is 2. The Bertz CT molecular complexity index is 375. The summed E-state index contributed by atoms with van der Waals surface area (Å²) in [5, 5.41) is 12.8. The molecule has 0 fully saturated rings. The number of rotatable bonds is 8. The number of carboxylic acid groups (broad SMARTS) is 1. The number of carbonyl (C=O) groups is 1. The first-order chi connectivity index (χ1) is 8.58. The lowest BCUT2D eigenvalue weighted by molar-refractivity contribution is -0.144. The third-order valence-electron chi connectivity index (χ3n) is 2.88. The second-order valence-electron chi connectivity index (χ2n) is 4.24. The molecule has 1 heterocycles. The molecule has 0 aliphatic carbocycles. The molecule has 0 aliphatic rings. The van der Waals surface area contributed by atoms with E-state index in [-0.39, 0.29) is 0 Å². The molecule has 0 radical (unpaired) electrons. The van der Waals surface area contributed by atoms with Gasteiger partial charge in [-0.3, -0.25) is 9.78 Å². The first-order valence-electron chi connectivity index (χ1n) is 5.89. The normalized spacial score (nSPS) is 14.1. The SMILES string of the molecule is CNC(C)(CCCCSc1cnccn1)C(=O)O. The Hall–Kier alpha value is -1.14. The van der Waals surface area contributed by atoms with Crippen molar-refractivity contribution in [2.75, 3.05) is 12.8 Å². The van der Waals surface area contributed by atoms with Gasteiger partial charge in [0, 0.05) is 12.4 Å². The summed E-state index contributed by atoms with van der Waals surface area (Å²) in [5.74, 6) is 0.129. The lowest BCUT2D eigenvalue weighted by Gasteiger charge is -2.23. The molecule has 0 amide bonds. The van der Waals surface area contributed by atoms with Crippen LogP contribution in [0.2, 0.25) is 0 Å². The highest BCUT2D eigenvalue weighted by Gasteiger charge is 2.29. The topological polar surface area (TPSA) is 75.1 Å². The minimum absolute atomic E-state index is 0.625. The third kappa shape index (κ3) is 4.62. The molecule has 100 valence electrons. The molecule has 0 aromatic carbocycles. The van der Waals surface area contributed by atoms with Gasteiger partial charge >= 0.3 is 5.97 Å². The van der Waals surface area contributed by atoms with Crippen molar-refractivity contribution in [3.05, 3.63) is 18.6 Å². The van der Waals surface area contributed by atoms with E-state index in [1.165, 1.54) is 0 Å². The molecule has 2 N–H and O–H groups in total. The average molecular weight is 269 g/mol. The zero-order valence-electron chi connectivity index (χ0n) is 10.7. The molecule has 0 bridgehead atoms. The van der Waals surface area contributed by atoms with Gasteiger partial charge in [0.1, 0.15) is 10.6 Å². The third-order valence-corrected chi connectivity index (χ3v) is 3.88. The van der Waals surface area contributed by atoms with Gasteiger partial charge in [-0.05, 0) is 32.6 Å². The summed E-state index contributed by atoms with van der Waals surface area (Å²) in [5.41, 5.74) is -0.822. The first-order valence-corrected chi connectivity index (χ1v) is 6.88. The van der Waals surface area contributed by atoms with Gasteiger partial charge in [-0.1, -0.05) is 6.42 Å². The fourth-order valence-electron chi connectivity index (χ4n) is 1.46. The highest BCUT2D eigenvalue weighted by atomic mass is 32.2. The van der Waals surface area contributed by atoms with Crippen LogP contribution < -0.4 is 5.32 Å². The van der Waals surface area contributed by atoms with E-state index in [4.69, 9.17) is 5.11 Å². The van der Waals surface area contributed by atoms with Gasteiger partial charge in [0.15, 0.2) is 0 Å². The molecule has 1 rings (SSSR count). The van der Waals surface area contributed by atoms with E-state index >= 15 is 0 Å². The summed E-state index contributed by atoms with van der Waals surface area (Å²) in [6.07, 6.45) is 7.52. The van der Waals surface area contributed by atoms with Crippen LogP contribution in [0.4, 0.5) is 0 Å². The Morgan fingerprint density at radius 2 is 2.28 bits per heavy atom. The van der Waals surface area contributed by atoms with Crippen molar-refractivity contribution in [1.29, 1.82) is 0 Å². The molecule has 0 spiro atoms. The Kier molecular flexibility index (Phi) is 6.07. The number of carboxylic acids is 1. The van der Waals surface area contributed by atoms with Gasteiger partial charge in [0.2, 0.25) is 0 Å². The lowest BCUT2D eigenvalue weighted by Crippen LogP contribution is -2.47. The summed E-state index contributed by atoms with van der Waals surface area (Å²) in [6, 6.07) is 0. The van der Waals surface area contributed by atoms with Crippen LogP contribution in [0.3, 0.4) is 0 Å². The molecule has 1 unspecified atom stereocenters. The van der Waals surface area contributed by atoms with Crippen LogP contribution in [0.5, 0.6) is 0 Å². The van der Waals surface area contributed by atoms with E-state index in [1.807, 2.05) is 0 Å². The number of hydrogen-bond donors (Lipinski definition) is 2. The number of hydrogen-bond acceptors (Lipinski definition) is 5. The van der Waals surface area contributed by atoms with Gasteiger partial charge in [0.05, 0.1) is 6.20 Å². The summed E-state index contributed by atoms with van der Waals surface area (Å²) in [4.78, 5) is 19.2. The average Bonchev–Trinajstić information content (AvgIpc) is 2.39. The molecule has 18 heavy (non-hydrogen) atoms.